The van der Waals surface area contributed by atoms with Crippen molar-refractivity contribution in [1.82, 2.24) is 30.4 Å². The van der Waals surface area contributed by atoms with E-state index in [0.29, 0.717) is 40.5 Å². The van der Waals surface area contributed by atoms with Crippen molar-refractivity contribution in [1.29, 1.82) is 0 Å². The lowest BCUT2D eigenvalue weighted by atomic mass is 10.0. The van der Waals surface area contributed by atoms with Crippen LogP contribution in [-0.2, 0) is 11.8 Å². The monoisotopic (exact) mass is 546 g/mol. The topological polar surface area (TPSA) is 126 Å². The van der Waals surface area contributed by atoms with Crippen molar-refractivity contribution in [3.63, 3.8) is 0 Å². The van der Waals surface area contributed by atoms with Gasteiger partial charge in [-0.05, 0) is 38.1 Å². The molecule has 2 saturated heterocycles. The van der Waals surface area contributed by atoms with Crippen LogP contribution in [0.15, 0.2) is 36.7 Å². The number of amides is 2. The lowest BCUT2D eigenvalue weighted by molar-refractivity contribution is -0.119. The number of piperazine rings is 1. The maximum Gasteiger partial charge on any atom is 0.316 e. The highest BCUT2D eigenvalue weighted by molar-refractivity contribution is 6.14. The number of hydrogen-bond acceptors (Lipinski definition) is 8. The minimum absolute atomic E-state index is 0.00276. The molecule has 2 amide bonds. The zero-order valence-corrected chi connectivity index (χ0v) is 22.6. The van der Waals surface area contributed by atoms with Gasteiger partial charge in [0.15, 0.2) is 5.82 Å². The number of hydrogen-bond donors (Lipinski definition) is 3. The van der Waals surface area contributed by atoms with Gasteiger partial charge >= 0.3 is 6.01 Å². The predicted molar refractivity (Wildman–Crippen MR) is 149 cm³/mol. The van der Waals surface area contributed by atoms with Gasteiger partial charge < -0.3 is 25.6 Å². The molecule has 3 N–H and O–H groups in total. The van der Waals surface area contributed by atoms with Gasteiger partial charge in [0.05, 0.1) is 17.7 Å². The van der Waals surface area contributed by atoms with E-state index in [0.717, 1.165) is 18.8 Å². The van der Waals surface area contributed by atoms with Crippen molar-refractivity contribution in [2.45, 2.75) is 32.4 Å². The fraction of sp³-hybridized carbons (Fsp3) is 0.393. The second-order valence-electron chi connectivity index (χ2n) is 10.8. The molecule has 2 aromatic heterocycles. The van der Waals surface area contributed by atoms with Gasteiger partial charge in [0.1, 0.15) is 5.52 Å². The van der Waals surface area contributed by atoms with Gasteiger partial charge in [-0.25, -0.2) is 9.37 Å². The van der Waals surface area contributed by atoms with E-state index in [1.165, 1.54) is 10.7 Å². The maximum atomic E-state index is 14.7. The lowest BCUT2D eigenvalue weighted by Gasteiger charge is -2.38. The van der Waals surface area contributed by atoms with Crippen LogP contribution in [-0.4, -0.2) is 69.9 Å². The molecule has 3 atom stereocenters. The molecule has 0 saturated carbocycles. The number of halogens is 1. The Hall–Kier alpha value is -4.32. The van der Waals surface area contributed by atoms with Crippen LogP contribution in [0.25, 0.3) is 21.8 Å². The molecule has 0 aliphatic carbocycles. The van der Waals surface area contributed by atoms with Crippen LogP contribution < -0.4 is 25.6 Å². The fourth-order valence-corrected chi connectivity index (χ4v) is 5.60. The first kappa shape index (κ1) is 25.9. The molecule has 0 spiro atoms. The lowest BCUT2D eigenvalue weighted by Crippen LogP contribution is -2.54. The molecule has 2 fully saturated rings. The Balaban J connectivity index is 1.35. The SMILES string of the molecule is C[C@@H]1CN(c2ccc(C(=O)Nc3cc(F)c4nn(C)cc4c3)c3nc(OCC4CNC(=O)C4)ncc23)C[C@H](C)N1. The molecule has 40 heavy (non-hydrogen) atoms. The zero-order valence-electron chi connectivity index (χ0n) is 22.6. The highest BCUT2D eigenvalue weighted by atomic mass is 19.1. The number of fused-ring (bicyclic) bond motifs is 2. The first-order valence-corrected chi connectivity index (χ1v) is 13.4. The standard InChI is InChI=1S/C28H31FN8O3/c1-15-11-37(12-16(2)32-15)23-5-4-20(27(39)33-19-7-18-13-36(3)35-25(18)22(29)8-19)26-21(23)10-31-28(34-26)40-14-17-6-24(38)30-9-17/h4-5,7-8,10,13,15-17,32H,6,9,11-12,14H2,1-3H3,(H,30,38)(H,33,39)/t15-,16+,17?. The van der Waals surface area contributed by atoms with Crippen molar-refractivity contribution in [3.05, 3.63) is 48.0 Å². The number of nitrogens with one attached hydrogen (secondary N) is 3. The molecule has 2 aromatic carbocycles. The van der Waals surface area contributed by atoms with Gasteiger partial charge in [-0.1, -0.05) is 0 Å². The number of carbonyl (C=O) groups excluding carboxylic acids is 2. The van der Waals surface area contributed by atoms with Crippen LogP contribution in [0.4, 0.5) is 15.8 Å². The first-order valence-electron chi connectivity index (χ1n) is 13.4. The van der Waals surface area contributed by atoms with Crippen LogP contribution >= 0.6 is 0 Å². The van der Waals surface area contributed by atoms with E-state index in [-0.39, 0.29) is 42.0 Å². The Morgan fingerprint density at radius 2 is 2.00 bits per heavy atom. The average molecular weight is 547 g/mol. The number of benzene rings is 2. The van der Waals surface area contributed by atoms with Crippen LogP contribution in [0.2, 0.25) is 0 Å². The van der Waals surface area contributed by atoms with Gasteiger partial charge in [-0.15, -0.1) is 0 Å². The predicted octanol–water partition coefficient (Wildman–Crippen LogP) is 2.61. The quantitative estimate of drug-likeness (QED) is 0.337. The van der Waals surface area contributed by atoms with Crippen molar-refractivity contribution >= 4 is 45.0 Å². The van der Waals surface area contributed by atoms with E-state index >= 15 is 0 Å². The van der Waals surface area contributed by atoms with E-state index in [1.807, 2.05) is 6.07 Å². The smallest absolute Gasteiger partial charge is 0.316 e. The van der Waals surface area contributed by atoms with Crippen LogP contribution in [0.3, 0.4) is 0 Å². The minimum atomic E-state index is -0.520. The third kappa shape index (κ3) is 5.14. The molecule has 1 unspecified atom stereocenters. The summed E-state index contributed by atoms with van der Waals surface area (Å²) in [6, 6.07) is 7.28. The van der Waals surface area contributed by atoms with Gasteiger partial charge in [-0.2, -0.15) is 10.1 Å². The summed E-state index contributed by atoms with van der Waals surface area (Å²) in [7, 11) is 1.71. The van der Waals surface area contributed by atoms with Crippen LogP contribution in [0, 0.1) is 11.7 Å². The third-order valence-electron chi connectivity index (χ3n) is 7.29. The molecule has 12 heteroatoms. The van der Waals surface area contributed by atoms with E-state index in [9.17, 15) is 14.0 Å². The fourth-order valence-electron chi connectivity index (χ4n) is 5.60. The Kier molecular flexibility index (Phi) is 6.70. The summed E-state index contributed by atoms with van der Waals surface area (Å²) in [5, 5.41) is 14.6. The van der Waals surface area contributed by atoms with Gasteiger partial charge in [0.25, 0.3) is 5.91 Å². The molecule has 4 aromatic rings. The number of carbonyl (C=O) groups is 2. The molecule has 0 radical (unpaired) electrons. The summed E-state index contributed by atoms with van der Waals surface area (Å²) in [5.74, 6) is -0.927. The third-order valence-corrected chi connectivity index (χ3v) is 7.29. The zero-order chi connectivity index (χ0) is 28.0. The minimum Gasteiger partial charge on any atom is -0.463 e. The van der Waals surface area contributed by atoms with Crippen molar-refractivity contribution < 1.29 is 18.7 Å². The Morgan fingerprint density at radius 1 is 1.20 bits per heavy atom. The van der Waals surface area contributed by atoms with Crippen LogP contribution in [0.1, 0.15) is 30.6 Å². The highest BCUT2D eigenvalue weighted by Gasteiger charge is 2.26. The molecule has 11 nitrogen and oxygen atoms in total. The summed E-state index contributed by atoms with van der Waals surface area (Å²) >= 11 is 0. The normalized spacial score (nSPS) is 21.1. The molecule has 2 aliphatic rings. The van der Waals surface area contributed by atoms with Gasteiger partial charge in [0, 0.05) is 85.6 Å². The number of ether oxygens (including phenoxy) is 1. The molecule has 6 rings (SSSR count). The molecule has 208 valence electrons. The molecule has 4 heterocycles. The molecule has 0 bridgehead atoms. The average Bonchev–Trinajstić information content (AvgIpc) is 3.50. The number of nitrogens with zero attached hydrogens (tertiary/aromatic N) is 5. The van der Waals surface area contributed by atoms with E-state index < -0.39 is 11.7 Å². The largest absolute Gasteiger partial charge is 0.463 e. The number of aromatic nitrogens is 4. The summed E-state index contributed by atoms with van der Waals surface area (Å²) in [5.41, 5.74) is 2.22. The number of rotatable bonds is 6. The second kappa shape index (κ2) is 10.3. The molecular formula is C28H31FN8O3. The summed E-state index contributed by atoms with van der Waals surface area (Å²) in [6.45, 7) is 6.67. The van der Waals surface area contributed by atoms with Gasteiger partial charge in [0.2, 0.25) is 5.91 Å². The summed E-state index contributed by atoms with van der Waals surface area (Å²) in [4.78, 5) is 36.5. The maximum absolute atomic E-state index is 14.7. The summed E-state index contributed by atoms with van der Waals surface area (Å²) in [6.07, 6.45) is 3.77. The van der Waals surface area contributed by atoms with Crippen molar-refractivity contribution in [3.8, 4) is 6.01 Å². The van der Waals surface area contributed by atoms with Crippen molar-refractivity contribution in [2.24, 2.45) is 13.0 Å². The van der Waals surface area contributed by atoms with Crippen LogP contribution in [0.5, 0.6) is 6.01 Å². The highest BCUT2D eigenvalue weighted by Crippen LogP contribution is 2.31. The number of aryl methyl sites for hydroxylation is 1. The van der Waals surface area contributed by atoms with E-state index in [1.54, 1.807) is 31.6 Å². The van der Waals surface area contributed by atoms with E-state index in [4.69, 9.17) is 4.74 Å². The molecule has 2 aliphatic heterocycles. The van der Waals surface area contributed by atoms with E-state index in [2.05, 4.69) is 49.8 Å². The first-order chi connectivity index (χ1) is 19.2. The molecular weight excluding hydrogens is 515 g/mol. The summed E-state index contributed by atoms with van der Waals surface area (Å²) < 4.78 is 22.1. The Morgan fingerprint density at radius 3 is 2.75 bits per heavy atom. The Labute approximate surface area is 230 Å². The second-order valence-corrected chi connectivity index (χ2v) is 10.8. The Bertz CT molecular complexity index is 1610. The number of anilines is 2. The van der Waals surface area contributed by atoms with Gasteiger partial charge in [-0.3, -0.25) is 14.3 Å². The van der Waals surface area contributed by atoms with Crippen molar-refractivity contribution in [2.75, 3.05) is 36.5 Å².